The van der Waals surface area contributed by atoms with Crippen LogP contribution in [-0.4, -0.2) is 35.9 Å². The predicted molar refractivity (Wildman–Crippen MR) is 99.7 cm³/mol. The Morgan fingerprint density at radius 1 is 1.20 bits per heavy atom. The van der Waals surface area contributed by atoms with Crippen LogP contribution in [0.3, 0.4) is 0 Å². The number of carbonyl (C=O) groups is 1. The third-order valence-corrected chi connectivity index (χ3v) is 5.75. The van der Waals surface area contributed by atoms with E-state index in [1.54, 1.807) is 0 Å². The van der Waals surface area contributed by atoms with E-state index in [-0.39, 0.29) is 11.3 Å². The highest BCUT2D eigenvalue weighted by atomic mass is 16.2. The number of pyridine rings is 1. The van der Waals surface area contributed by atoms with Crippen LogP contribution in [-0.2, 0) is 23.2 Å². The summed E-state index contributed by atoms with van der Waals surface area (Å²) in [4.78, 5) is 21.9. The topological polar surface area (TPSA) is 36.4 Å². The maximum Gasteiger partial charge on any atom is 0.238 e. The predicted octanol–water partition coefficient (Wildman–Crippen LogP) is 3.15. The Balaban J connectivity index is 1.59. The number of piperidine rings is 1. The van der Waals surface area contributed by atoms with Gasteiger partial charge in [0.25, 0.3) is 0 Å². The highest BCUT2D eigenvalue weighted by molar-refractivity contribution is 6.08. The summed E-state index contributed by atoms with van der Waals surface area (Å²) < 4.78 is 0. The fourth-order valence-electron chi connectivity index (χ4n) is 4.38. The molecule has 2 aromatic rings. The number of para-hydroxylation sites is 1. The van der Waals surface area contributed by atoms with E-state index in [1.165, 1.54) is 11.1 Å². The molecule has 1 saturated heterocycles. The molecule has 130 valence electrons. The fraction of sp³-hybridized carbons (Fsp3) is 0.429. The van der Waals surface area contributed by atoms with Gasteiger partial charge in [0.15, 0.2) is 0 Å². The molecule has 25 heavy (non-hydrogen) atoms. The number of fused-ring (bicyclic) bond motifs is 2. The SMILES string of the molecule is CCc1ccc(CN2CCCC3(C2)C(=O)N(C)c2ccccc23)nc1. The summed E-state index contributed by atoms with van der Waals surface area (Å²) in [6.45, 7) is 4.76. The summed E-state index contributed by atoms with van der Waals surface area (Å²) >= 11 is 0. The van der Waals surface area contributed by atoms with E-state index >= 15 is 0 Å². The molecular weight excluding hydrogens is 310 g/mol. The van der Waals surface area contributed by atoms with Crippen LogP contribution in [0.2, 0.25) is 0 Å². The molecule has 4 heteroatoms. The number of aryl methyl sites for hydroxylation is 1. The van der Waals surface area contributed by atoms with E-state index in [2.05, 4.69) is 47.1 Å². The fourth-order valence-corrected chi connectivity index (χ4v) is 4.38. The number of aromatic nitrogens is 1. The van der Waals surface area contributed by atoms with Gasteiger partial charge in [0.1, 0.15) is 0 Å². The molecular formula is C21H25N3O. The molecule has 1 amide bonds. The highest BCUT2D eigenvalue weighted by Gasteiger charge is 2.51. The van der Waals surface area contributed by atoms with Gasteiger partial charge >= 0.3 is 0 Å². The standard InChI is InChI=1S/C21H25N3O/c1-3-16-9-10-17(22-13-16)14-24-12-6-11-21(15-24)18-7-4-5-8-19(18)23(2)20(21)25/h4-5,7-10,13H,3,6,11-12,14-15H2,1-2H3. The molecule has 1 spiro atoms. The van der Waals surface area contributed by atoms with Gasteiger partial charge in [0.05, 0.1) is 11.1 Å². The van der Waals surface area contributed by atoms with Gasteiger partial charge in [0, 0.05) is 32.0 Å². The number of likely N-dealkylation sites (tertiary alicyclic amines) is 1. The maximum absolute atomic E-state index is 13.1. The zero-order valence-corrected chi connectivity index (χ0v) is 15.0. The van der Waals surface area contributed by atoms with Crippen LogP contribution in [0, 0.1) is 0 Å². The zero-order chi connectivity index (χ0) is 17.4. The zero-order valence-electron chi connectivity index (χ0n) is 15.0. The summed E-state index contributed by atoms with van der Waals surface area (Å²) in [6, 6.07) is 12.5. The second-order valence-corrected chi connectivity index (χ2v) is 7.29. The second-order valence-electron chi connectivity index (χ2n) is 7.29. The van der Waals surface area contributed by atoms with Gasteiger partial charge in [-0.1, -0.05) is 31.2 Å². The molecule has 2 aliphatic heterocycles. The first-order valence-corrected chi connectivity index (χ1v) is 9.18. The first kappa shape index (κ1) is 16.3. The van der Waals surface area contributed by atoms with Crippen LogP contribution in [0.1, 0.15) is 36.6 Å². The summed E-state index contributed by atoms with van der Waals surface area (Å²) in [5.74, 6) is 0.243. The molecule has 2 aliphatic rings. The number of rotatable bonds is 3. The summed E-state index contributed by atoms with van der Waals surface area (Å²) in [5, 5.41) is 0. The van der Waals surface area contributed by atoms with Crippen molar-refractivity contribution in [1.82, 2.24) is 9.88 Å². The monoisotopic (exact) mass is 335 g/mol. The lowest BCUT2D eigenvalue weighted by Crippen LogP contribution is -2.51. The molecule has 0 saturated carbocycles. The van der Waals surface area contributed by atoms with Crippen molar-refractivity contribution in [2.45, 2.75) is 38.1 Å². The normalized spacial score (nSPS) is 23.3. The average Bonchev–Trinajstić information content (AvgIpc) is 2.85. The van der Waals surface area contributed by atoms with Gasteiger partial charge in [0.2, 0.25) is 5.91 Å². The molecule has 1 aromatic carbocycles. The number of anilines is 1. The van der Waals surface area contributed by atoms with E-state index in [4.69, 9.17) is 0 Å². The Morgan fingerprint density at radius 2 is 2.04 bits per heavy atom. The summed E-state index contributed by atoms with van der Waals surface area (Å²) in [6.07, 6.45) is 4.96. The molecule has 0 bridgehead atoms. The van der Waals surface area contributed by atoms with Crippen molar-refractivity contribution in [3.8, 4) is 0 Å². The number of hydrogen-bond donors (Lipinski definition) is 0. The lowest BCUT2D eigenvalue weighted by atomic mass is 9.75. The first-order valence-electron chi connectivity index (χ1n) is 9.18. The highest BCUT2D eigenvalue weighted by Crippen LogP contribution is 2.46. The van der Waals surface area contributed by atoms with Crippen LogP contribution < -0.4 is 4.90 Å². The van der Waals surface area contributed by atoms with Crippen LogP contribution in [0.5, 0.6) is 0 Å². The van der Waals surface area contributed by atoms with Gasteiger partial charge in [-0.15, -0.1) is 0 Å². The minimum atomic E-state index is -0.382. The largest absolute Gasteiger partial charge is 0.314 e. The van der Waals surface area contributed by atoms with Crippen LogP contribution in [0.15, 0.2) is 42.6 Å². The van der Waals surface area contributed by atoms with Crippen LogP contribution in [0.4, 0.5) is 5.69 Å². The first-order chi connectivity index (χ1) is 12.1. The van der Waals surface area contributed by atoms with Gasteiger partial charge in [-0.3, -0.25) is 14.7 Å². The number of benzene rings is 1. The molecule has 0 N–H and O–H groups in total. The number of nitrogens with zero attached hydrogens (tertiary/aromatic N) is 3. The number of carbonyl (C=O) groups excluding carboxylic acids is 1. The van der Waals surface area contributed by atoms with Gasteiger partial charge in [-0.25, -0.2) is 0 Å². The van der Waals surface area contributed by atoms with E-state index in [0.29, 0.717) is 0 Å². The Labute approximate surface area is 149 Å². The molecule has 0 radical (unpaired) electrons. The lowest BCUT2D eigenvalue weighted by Gasteiger charge is -2.39. The number of likely N-dealkylation sites (N-methyl/N-ethyl adjacent to an activating group) is 1. The van der Waals surface area contributed by atoms with Crippen LogP contribution in [0.25, 0.3) is 0 Å². The van der Waals surface area contributed by atoms with Crippen molar-refractivity contribution in [3.63, 3.8) is 0 Å². The van der Waals surface area contributed by atoms with Crippen molar-refractivity contribution in [2.75, 3.05) is 25.0 Å². The Kier molecular flexibility index (Phi) is 4.08. The van der Waals surface area contributed by atoms with Crippen LogP contribution >= 0.6 is 0 Å². The Morgan fingerprint density at radius 3 is 2.80 bits per heavy atom. The molecule has 1 fully saturated rings. The smallest absolute Gasteiger partial charge is 0.238 e. The molecule has 0 aliphatic carbocycles. The van der Waals surface area contributed by atoms with Crippen molar-refractivity contribution in [1.29, 1.82) is 0 Å². The quantitative estimate of drug-likeness (QED) is 0.864. The van der Waals surface area contributed by atoms with Gasteiger partial charge in [-0.05, 0) is 49.1 Å². The van der Waals surface area contributed by atoms with Crippen molar-refractivity contribution >= 4 is 11.6 Å². The average molecular weight is 335 g/mol. The summed E-state index contributed by atoms with van der Waals surface area (Å²) in [7, 11) is 1.90. The van der Waals surface area contributed by atoms with Crippen molar-refractivity contribution in [2.24, 2.45) is 0 Å². The number of amides is 1. The van der Waals surface area contributed by atoms with E-state index in [9.17, 15) is 4.79 Å². The van der Waals surface area contributed by atoms with E-state index in [1.807, 2.05) is 24.2 Å². The Bertz CT molecular complexity index is 786. The third-order valence-electron chi connectivity index (χ3n) is 5.75. The third kappa shape index (κ3) is 2.65. The van der Waals surface area contributed by atoms with Crippen molar-refractivity contribution in [3.05, 3.63) is 59.4 Å². The number of hydrogen-bond acceptors (Lipinski definition) is 3. The second kappa shape index (κ2) is 6.26. The van der Waals surface area contributed by atoms with E-state index < -0.39 is 0 Å². The lowest BCUT2D eigenvalue weighted by molar-refractivity contribution is -0.125. The van der Waals surface area contributed by atoms with Crippen molar-refractivity contribution < 1.29 is 4.79 Å². The minimum absolute atomic E-state index is 0.243. The summed E-state index contributed by atoms with van der Waals surface area (Å²) in [5.41, 5.74) is 4.23. The molecule has 4 rings (SSSR count). The van der Waals surface area contributed by atoms with Gasteiger partial charge < -0.3 is 4.90 Å². The molecule has 1 atom stereocenters. The Hall–Kier alpha value is -2.20. The molecule has 3 heterocycles. The van der Waals surface area contributed by atoms with Gasteiger partial charge in [-0.2, -0.15) is 0 Å². The molecule has 4 nitrogen and oxygen atoms in total. The maximum atomic E-state index is 13.1. The molecule has 1 unspecified atom stereocenters. The molecule has 1 aromatic heterocycles. The van der Waals surface area contributed by atoms with E-state index in [0.717, 1.165) is 50.3 Å². The minimum Gasteiger partial charge on any atom is -0.314 e.